The quantitative estimate of drug-likeness (QED) is 0.704. The Balaban J connectivity index is 1.55. The number of nitriles is 1. The summed E-state index contributed by atoms with van der Waals surface area (Å²) in [6.45, 7) is 7.69. The second-order valence-corrected chi connectivity index (χ2v) is 7.10. The molecule has 6 nitrogen and oxygen atoms in total. The Kier molecular flexibility index (Phi) is 6.40. The van der Waals surface area contributed by atoms with E-state index in [2.05, 4.69) is 33.5 Å². The fraction of sp³-hybridized carbons (Fsp3) is 0.500. The molecule has 2 atom stereocenters. The standard InChI is InChI=1S/C20H27N5O/c1-15(11-17(26)14-25-9-7-22-8-10-25)13-24-19-5-4-16(12-21)20-18(19)3-2-6-23-20/h2-6,15,17,22,24,26H,7-11,13-14H2,1H3. The Morgan fingerprint density at radius 3 is 2.92 bits per heavy atom. The molecule has 2 heterocycles. The molecule has 2 unspecified atom stereocenters. The Morgan fingerprint density at radius 1 is 1.35 bits per heavy atom. The molecule has 0 radical (unpaired) electrons. The number of anilines is 1. The molecule has 0 aliphatic carbocycles. The van der Waals surface area contributed by atoms with E-state index in [4.69, 9.17) is 0 Å². The summed E-state index contributed by atoms with van der Waals surface area (Å²) in [5.74, 6) is 0.343. The molecule has 1 aliphatic heterocycles. The number of aliphatic hydroxyl groups is 1. The summed E-state index contributed by atoms with van der Waals surface area (Å²) >= 11 is 0. The van der Waals surface area contributed by atoms with Crippen molar-refractivity contribution in [3.63, 3.8) is 0 Å². The largest absolute Gasteiger partial charge is 0.392 e. The number of β-amino-alcohol motifs (C(OH)–C–C–N with tert-alkyl or cyclic N) is 1. The SMILES string of the molecule is CC(CNc1ccc(C#N)c2ncccc12)CC(O)CN1CCNCC1. The van der Waals surface area contributed by atoms with E-state index in [0.29, 0.717) is 11.5 Å². The molecule has 0 saturated carbocycles. The monoisotopic (exact) mass is 353 g/mol. The number of fused-ring (bicyclic) bond motifs is 1. The van der Waals surface area contributed by atoms with Crippen molar-refractivity contribution in [1.29, 1.82) is 5.26 Å². The van der Waals surface area contributed by atoms with Crippen molar-refractivity contribution in [3.05, 3.63) is 36.0 Å². The minimum atomic E-state index is -0.302. The van der Waals surface area contributed by atoms with Crippen LogP contribution >= 0.6 is 0 Å². The van der Waals surface area contributed by atoms with Crippen LogP contribution in [-0.2, 0) is 0 Å². The van der Waals surface area contributed by atoms with E-state index in [0.717, 1.165) is 62.3 Å². The average Bonchev–Trinajstić information content (AvgIpc) is 2.66. The van der Waals surface area contributed by atoms with E-state index in [1.165, 1.54) is 0 Å². The van der Waals surface area contributed by atoms with Crippen molar-refractivity contribution in [2.75, 3.05) is 44.6 Å². The lowest BCUT2D eigenvalue weighted by Gasteiger charge is -2.30. The number of piperazine rings is 1. The van der Waals surface area contributed by atoms with Crippen LogP contribution in [0.3, 0.4) is 0 Å². The van der Waals surface area contributed by atoms with Crippen molar-refractivity contribution in [1.82, 2.24) is 15.2 Å². The van der Waals surface area contributed by atoms with Gasteiger partial charge in [0.1, 0.15) is 6.07 Å². The van der Waals surface area contributed by atoms with E-state index < -0.39 is 0 Å². The number of benzene rings is 1. The summed E-state index contributed by atoms with van der Waals surface area (Å²) in [6, 6.07) is 9.80. The lowest BCUT2D eigenvalue weighted by atomic mass is 10.0. The summed E-state index contributed by atoms with van der Waals surface area (Å²) in [4.78, 5) is 6.66. The van der Waals surface area contributed by atoms with Crippen LogP contribution in [0, 0.1) is 17.2 Å². The van der Waals surface area contributed by atoms with Crippen LogP contribution in [0.5, 0.6) is 0 Å². The van der Waals surface area contributed by atoms with Crippen molar-refractivity contribution < 1.29 is 5.11 Å². The third-order valence-electron chi connectivity index (χ3n) is 4.88. The van der Waals surface area contributed by atoms with Gasteiger partial charge >= 0.3 is 0 Å². The number of hydrogen-bond donors (Lipinski definition) is 3. The van der Waals surface area contributed by atoms with Crippen LogP contribution in [0.25, 0.3) is 10.9 Å². The number of nitrogens with zero attached hydrogens (tertiary/aromatic N) is 3. The predicted octanol–water partition coefficient (Wildman–Crippen LogP) is 1.81. The van der Waals surface area contributed by atoms with Gasteiger partial charge in [0, 0.05) is 56.5 Å². The van der Waals surface area contributed by atoms with Gasteiger partial charge in [-0.1, -0.05) is 6.92 Å². The third kappa shape index (κ3) is 4.70. The molecule has 3 rings (SSSR count). The van der Waals surface area contributed by atoms with E-state index in [1.807, 2.05) is 24.3 Å². The molecule has 1 aliphatic rings. The zero-order valence-electron chi connectivity index (χ0n) is 15.3. The zero-order chi connectivity index (χ0) is 18.4. The summed E-state index contributed by atoms with van der Waals surface area (Å²) < 4.78 is 0. The summed E-state index contributed by atoms with van der Waals surface area (Å²) in [5.41, 5.74) is 2.30. The first-order valence-corrected chi connectivity index (χ1v) is 9.30. The van der Waals surface area contributed by atoms with Gasteiger partial charge in [0.15, 0.2) is 0 Å². The lowest BCUT2D eigenvalue weighted by molar-refractivity contribution is 0.0882. The van der Waals surface area contributed by atoms with Gasteiger partial charge in [0.05, 0.1) is 17.2 Å². The van der Waals surface area contributed by atoms with Crippen molar-refractivity contribution in [2.45, 2.75) is 19.4 Å². The number of pyridine rings is 1. The van der Waals surface area contributed by atoms with Gasteiger partial charge in [-0.25, -0.2) is 0 Å². The lowest BCUT2D eigenvalue weighted by Crippen LogP contribution is -2.46. The van der Waals surface area contributed by atoms with Crippen LogP contribution in [0.15, 0.2) is 30.5 Å². The highest BCUT2D eigenvalue weighted by molar-refractivity contribution is 5.94. The molecule has 3 N–H and O–H groups in total. The normalized spacial score (nSPS) is 17.6. The van der Waals surface area contributed by atoms with Gasteiger partial charge < -0.3 is 15.7 Å². The molecule has 0 bridgehead atoms. The molecule has 1 aromatic heterocycles. The van der Waals surface area contributed by atoms with Crippen LogP contribution < -0.4 is 10.6 Å². The van der Waals surface area contributed by atoms with Crippen molar-refractivity contribution in [3.8, 4) is 6.07 Å². The molecule has 26 heavy (non-hydrogen) atoms. The topological polar surface area (TPSA) is 84.2 Å². The minimum absolute atomic E-state index is 0.302. The van der Waals surface area contributed by atoms with Crippen LogP contribution in [0.4, 0.5) is 5.69 Å². The molecule has 138 valence electrons. The number of rotatable bonds is 7. The van der Waals surface area contributed by atoms with Gasteiger partial charge in [-0.05, 0) is 36.6 Å². The Hall–Kier alpha value is -2.20. The summed E-state index contributed by atoms with van der Waals surface area (Å²) in [6.07, 6.45) is 2.18. The number of aliphatic hydroxyl groups excluding tert-OH is 1. The van der Waals surface area contributed by atoms with E-state index in [-0.39, 0.29) is 6.10 Å². The first-order valence-electron chi connectivity index (χ1n) is 9.30. The Bertz CT molecular complexity index is 766. The second-order valence-electron chi connectivity index (χ2n) is 7.10. The minimum Gasteiger partial charge on any atom is -0.392 e. The number of nitrogens with one attached hydrogen (secondary N) is 2. The summed E-state index contributed by atoms with van der Waals surface area (Å²) in [5, 5.41) is 27.4. The zero-order valence-corrected chi connectivity index (χ0v) is 15.3. The second kappa shape index (κ2) is 8.95. The van der Waals surface area contributed by atoms with Crippen LogP contribution in [0.1, 0.15) is 18.9 Å². The Labute approximate surface area is 154 Å². The smallest absolute Gasteiger partial charge is 0.101 e. The maximum absolute atomic E-state index is 10.4. The number of hydrogen-bond acceptors (Lipinski definition) is 6. The fourth-order valence-electron chi connectivity index (χ4n) is 3.52. The number of aromatic nitrogens is 1. The first kappa shape index (κ1) is 18.6. The average molecular weight is 353 g/mol. The molecule has 0 amide bonds. The molecule has 1 saturated heterocycles. The van der Waals surface area contributed by atoms with Crippen molar-refractivity contribution in [2.24, 2.45) is 5.92 Å². The van der Waals surface area contributed by atoms with Gasteiger partial charge in [-0.3, -0.25) is 9.88 Å². The highest BCUT2D eigenvalue weighted by Gasteiger charge is 2.17. The van der Waals surface area contributed by atoms with Crippen LogP contribution in [-0.4, -0.2) is 60.4 Å². The predicted molar refractivity (Wildman–Crippen MR) is 104 cm³/mol. The molecule has 1 fully saturated rings. The van der Waals surface area contributed by atoms with Gasteiger partial charge in [-0.15, -0.1) is 0 Å². The maximum Gasteiger partial charge on any atom is 0.101 e. The molecular weight excluding hydrogens is 326 g/mol. The van der Waals surface area contributed by atoms with Gasteiger partial charge in [-0.2, -0.15) is 5.26 Å². The van der Waals surface area contributed by atoms with Crippen LogP contribution in [0.2, 0.25) is 0 Å². The maximum atomic E-state index is 10.4. The van der Waals surface area contributed by atoms with E-state index >= 15 is 0 Å². The molecule has 0 spiro atoms. The molecule has 1 aromatic carbocycles. The highest BCUT2D eigenvalue weighted by Crippen LogP contribution is 2.25. The van der Waals surface area contributed by atoms with E-state index in [9.17, 15) is 10.4 Å². The van der Waals surface area contributed by atoms with Gasteiger partial charge in [0.25, 0.3) is 0 Å². The fourth-order valence-corrected chi connectivity index (χ4v) is 3.52. The molecular formula is C20H27N5O. The van der Waals surface area contributed by atoms with Gasteiger partial charge in [0.2, 0.25) is 0 Å². The summed E-state index contributed by atoms with van der Waals surface area (Å²) in [7, 11) is 0. The Morgan fingerprint density at radius 2 is 2.15 bits per heavy atom. The highest BCUT2D eigenvalue weighted by atomic mass is 16.3. The van der Waals surface area contributed by atoms with E-state index in [1.54, 1.807) is 6.20 Å². The third-order valence-corrected chi connectivity index (χ3v) is 4.88. The first-order chi connectivity index (χ1) is 12.7. The van der Waals surface area contributed by atoms with Crippen molar-refractivity contribution >= 4 is 16.6 Å². The molecule has 6 heteroatoms. The molecule has 2 aromatic rings.